The van der Waals surface area contributed by atoms with Crippen molar-refractivity contribution in [2.75, 3.05) is 26.2 Å². The summed E-state index contributed by atoms with van der Waals surface area (Å²) in [4.78, 5) is 14.3. The van der Waals surface area contributed by atoms with Crippen LogP contribution in [0.3, 0.4) is 0 Å². The molecule has 3 aromatic rings. The van der Waals surface area contributed by atoms with Gasteiger partial charge in [-0.2, -0.15) is 18.4 Å². The smallest absolute Gasteiger partial charge is 0.346 e. The zero-order valence-corrected chi connectivity index (χ0v) is 15.8. The number of hydrogen-bond donors (Lipinski definition) is 2. The summed E-state index contributed by atoms with van der Waals surface area (Å²) in [6, 6.07) is 4.24. The number of alkyl halides is 3. The third kappa shape index (κ3) is 4.21. The molecule has 4 heterocycles. The lowest BCUT2D eigenvalue weighted by Gasteiger charge is -2.33. The number of aromatic nitrogens is 4. The van der Waals surface area contributed by atoms with E-state index in [9.17, 15) is 13.2 Å². The number of likely N-dealkylation sites (tertiary alicyclic amines) is 1. The molecule has 0 radical (unpaired) electrons. The maximum absolute atomic E-state index is 12.6. The highest BCUT2D eigenvalue weighted by atomic mass is 19.4. The minimum Gasteiger partial charge on any atom is -0.346 e. The van der Waals surface area contributed by atoms with Gasteiger partial charge in [0.1, 0.15) is 17.0 Å². The first-order valence-corrected chi connectivity index (χ1v) is 9.66. The number of aromatic amines is 1. The summed E-state index contributed by atoms with van der Waals surface area (Å²) < 4.78 is 39.9. The van der Waals surface area contributed by atoms with Crippen molar-refractivity contribution in [2.24, 2.45) is 0 Å². The minimum atomic E-state index is -4.27. The maximum atomic E-state index is 12.6. The number of nitrogens with zero attached hydrogens (tertiary/aromatic N) is 5. The van der Waals surface area contributed by atoms with E-state index in [4.69, 9.17) is 5.26 Å². The first-order valence-electron chi connectivity index (χ1n) is 9.66. The summed E-state index contributed by atoms with van der Waals surface area (Å²) in [5.74, 6) is 0.593. The van der Waals surface area contributed by atoms with Crippen LogP contribution in [-0.4, -0.2) is 56.8 Å². The van der Waals surface area contributed by atoms with Gasteiger partial charge in [0.15, 0.2) is 0 Å². The molecule has 0 saturated carbocycles. The van der Waals surface area contributed by atoms with Gasteiger partial charge in [-0.25, -0.2) is 9.97 Å². The average Bonchev–Trinajstić information content (AvgIpc) is 3.29. The zero-order valence-electron chi connectivity index (χ0n) is 15.8. The molecule has 1 saturated heterocycles. The number of imidazole rings is 1. The van der Waals surface area contributed by atoms with Crippen molar-refractivity contribution < 1.29 is 13.2 Å². The van der Waals surface area contributed by atoms with E-state index in [0.717, 1.165) is 49.0 Å². The maximum Gasteiger partial charge on any atom is 0.401 e. The second kappa shape index (κ2) is 8.00. The molecule has 0 aliphatic carbocycles. The van der Waals surface area contributed by atoms with E-state index in [1.807, 2.05) is 6.07 Å². The molecule has 7 nitrogen and oxygen atoms in total. The molecule has 0 atom stereocenters. The summed E-state index contributed by atoms with van der Waals surface area (Å²) in [7, 11) is 0. The number of nitrogens with one attached hydrogen (secondary N) is 2. The number of fused-ring (bicyclic) bond motifs is 3. The van der Waals surface area contributed by atoms with Gasteiger partial charge in [-0.05, 0) is 18.9 Å². The van der Waals surface area contributed by atoms with E-state index in [1.54, 1.807) is 12.4 Å². The number of piperidine rings is 1. The standard InChI is InChI=1S/C19H22F3N7/c20-19(21,22)12-24-11-16-27-15-10-26-18-14(2-6-25-18)17(15)29(16)13-3-8-28(9-4-13)7-1-5-23/h2,6,10,13,24H,1,3-4,7-9,11-12H2,(H,25,26). The Balaban J connectivity index is 1.65. The molecule has 1 aliphatic heterocycles. The lowest BCUT2D eigenvalue weighted by atomic mass is 10.0. The summed E-state index contributed by atoms with van der Waals surface area (Å²) in [5.41, 5.74) is 2.34. The molecule has 0 amide bonds. The van der Waals surface area contributed by atoms with Crippen LogP contribution >= 0.6 is 0 Å². The third-order valence-electron chi connectivity index (χ3n) is 5.38. The predicted octanol–water partition coefficient (Wildman–Crippen LogP) is 3.12. The van der Waals surface area contributed by atoms with Crippen molar-refractivity contribution >= 4 is 22.1 Å². The second-order valence-corrected chi connectivity index (χ2v) is 7.33. The summed E-state index contributed by atoms with van der Waals surface area (Å²) in [6.07, 6.45) is 1.43. The van der Waals surface area contributed by atoms with E-state index in [0.29, 0.717) is 17.8 Å². The van der Waals surface area contributed by atoms with E-state index < -0.39 is 12.7 Å². The summed E-state index contributed by atoms with van der Waals surface area (Å²) in [5, 5.41) is 12.2. The van der Waals surface area contributed by atoms with Crippen molar-refractivity contribution in [3.05, 3.63) is 24.3 Å². The van der Waals surface area contributed by atoms with Crippen molar-refractivity contribution in [2.45, 2.75) is 38.0 Å². The monoisotopic (exact) mass is 405 g/mol. The van der Waals surface area contributed by atoms with E-state index in [1.165, 1.54) is 0 Å². The van der Waals surface area contributed by atoms with Crippen LogP contribution < -0.4 is 5.32 Å². The third-order valence-corrected chi connectivity index (χ3v) is 5.38. The Morgan fingerprint density at radius 1 is 1.31 bits per heavy atom. The molecule has 1 fully saturated rings. The Bertz CT molecular complexity index is 1020. The molecule has 2 N–H and O–H groups in total. The molecule has 4 rings (SSSR count). The van der Waals surface area contributed by atoms with Gasteiger partial charge in [-0.1, -0.05) is 0 Å². The van der Waals surface area contributed by atoms with Crippen LogP contribution in [0.25, 0.3) is 22.1 Å². The molecule has 0 bridgehead atoms. The van der Waals surface area contributed by atoms with Gasteiger partial charge >= 0.3 is 6.18 Å². The molecule has 154 valence electrons. The zero-order chi connectivity index (χ0) is 20.4. The van der Waals surface area contributed by atoms with E-state index >= 15 is 0 Å². The van der Waals surface area contributed by atoms with Crippen molar-refractivity contribution in [1.29, 1.82) is 5.26 Å². The topological polar surface area (TPSA) is 85.6 Å². The van der Waals surface area contributed by atoms with Gasteiger partial charge < -0.3 is 19.8 Å². The van der Waals surface area contributed by atoms with Crippen molar-refractivity contribution in [3.8, 4) is 6.07 Å². The highest BCUT2D eigenvalue weighted by Gasteiger charge is 2.28. The van der Waals surface area contributed by atoms with Crippen LogP contribution in [0.1, 0.15) is 31.1 Å². The number of H-pyrrole nitrogens is 1. The Labute approximate surface area is 165 Å². The lowest BCUT2D eigenvalue weighted by Crippen LogP contribution is -2.36. The average molecular weight is 405 g/mol. The Hall–Kier alpha value is -2.64. The van der Waals surface area contributed by atoms with Gasteiger partial charge in [0.25, 0.3) is 0 Å². The van der Waals surface area contributed by atoms with Gasteiger partial charge in [0.2, 0.25) is 0 Å². The van der Waals surface area contributed by atoms with Crippen LogP contribution in [-0.2, 0) is 6.54 Å². The quantitative estimate of drug-likeness (QED) is 0.658. The van der Waals surface area contributed by atoms with E-state index in [2.05, 4.69) is 35.8 Å². The molecule has 29 heavy (non-hydrogen) atoms. The molecular formula is C19H22F3N7. The number of rotatable bonds is 6. The number of nitriles is 1. The Kier molecular flexibility index (Phi) is 5.43. The lowest BCUT2D eigenvalue weighted by molar-refractivity contribution is -0.125. The molecule has 0 spiro atoms. The fourth-order valence-corrected chi connectivity index (χ4v) is 4.08. The Morgan fingerprint density at radius 3 is 2.83 bits per heavy atom. The highest BCUT2D eigenvalue weighted by molar-refractivity contribution is 6.01. The Morgan fingerprint density at radius 2 is 2.10 bits per heavy atom. The molecule has 10 heteroatoms. The van der Waals surface area contributed by atoms with Crippen LogP contribution in [0.15, 0.2) is 18.5 Å². The largest absolute Gasteiger partial charge is 0.401 e. The van der Waals surface area contributed by atoms with E-state index in [-0.39, 0.29) is 12.6 Å². The second-order valence-electron chi connectivity index (χ2n) is 7.33. The molecule has 0 unspecified atom stereocenters. The van der Waals surface area contributed by atoms with Crippen molar-refractivity contribution in [3.63, 3.8) is 0 Å². The van der Waals surface area contributed by atoms with Gasteiger partial charge in [0, 0.05) is 43.7 Å². The van der Waals surface area contributed by atoms with Crippen LogP contribution in [0, 0.1) is 11.3 Å². The normalized spacial score (nSPS) is 16.6. The first-order chi connectivity index (χ1) is 14.0. The minimum absolute atomic E-state index is 0.0365. The first kappa shape index (κ1) is 19.7. The molecule has 1 aliphatic rings. The number of pyridine rings is 1. The van der Waals surface area contributed by atoms with Crippen molar-refractivity contribution in [1.82, 2.24) is 29.7 Å². The van der Waals surface area contributed by atoms with Gasteiger partial charge in [0.05, 0.1) is 30.9 Å². The van der Waals surface area contributed by atoms with Crippen LogP contribution in [0.2, 0.25) is 0 Å². The summed E-state index contributed by atoms with van der Waals surface area (Å²) >= 11 is 0. The SMILES string of the molecule is N#CCCN1CCC(n2c(CNCC(F)(F)F)nc3cnc4[nH]ccc4c32)CC1. The predicted molar refractivity (Wildman–Crippen MR) is 102 cm³/mol. The van der Waals surface area contributed by atoms with Gasteiger partial charge in [-0.3, -0.25) is 0 Å². The number of hydrogen-bond acceptors (Lipinski definition) is 5. The number of halogens is 3. The molecule has 3 aromatic heterocycles. The van der Waals surface area contributed by atoms with Gasteiger partial charge in [-0.15, -0.1) is 0 Å². The molecular weight excluding hydrogens is 383 g/mol. The molecule has 0 aromatic carbocycles. The summed E-state index contributed by atoms with van der Waals surface area (Å²) in [6.45, 7) is 1.43. The fraction of sp³-hybridized carbons (Fsp3) is 0.526. The van der Waals surface area contributed by atoms with Crippen LogP contribution in [0.5, 0.6) is 0 Å². The highest BCUT2D eigenvalue weighted by Crippen LogP contribution is 2.32. The fourth-order valence-electron chi connectivity index (χ4n) is 4.08. The van der Waals surface area contributed by atoms with Crippen LogP contribution in [0.4, 0.5) is 13.2 Å².